The minimum absolute atomic E-state index is 0.0282. The topological polar surface area (TPSA) is 71.3 Å². The van der Waals surface area contributed by atoms with E-state index in [1.54, 1.807) is 43.5 Å². The van der Waals surface area contributed by atoms with Crippen LogP contribution in [-0.4, -0.2) is 13.0 Å². The molecule has 3 aromatic carbocycles. The Hall–Kier alpha value is -3.56. The number of halogens is 1. The Morgan fingerprint density at radius 2 is 1.73 bits per heavy atom. The highest BCUT2D eigenvalue weighted by molar-refractivity contribution is 9.10. The summed E-state index contributed by atoms with van der Waals surface area (Å²) in [6.07, 6.45) is 1.51. The van der Waals surface area contributed by atoms with Crippen molar-refractivity contribution in [1.29, 1.82) is 5.26 Å². The third-order valence-corrected chi connectivity index (χ3v) is 4.90. The summed E-state index contributed by atoms with van der Waals surface area (Å²) in [4.78, 5) is 12.5. The highest BCUT2D eigenvalue weighted by atomic mass is 79.9. The Kier molecular flexibility index (Phi) is 7.25. The van der Waals surface area contributed by atoms with Crippen molar-refractivity contribution in [1.82, 2.24) is 0 Å². The van der Waals surface area contributed by atoms with Gasteiger partial charge in [0.25, 0.3) is 5.91 Å². The number of amides is 1. The van der Waals surface area contributed by atoms with Gasteiger partial charge in [0.1, 0.15) is 18.2 Å². The van der Waals surface area contributed by atoms with Gasteiger partial charge in [0.15, 0.2) is 11.5 Å². The van der Waals surface area contributed by atoms with E-state index in [4.69, 9.17) is 9.47 Å². The molecule has 0 aliphatic rings. The van der Waals surface area contributed by atoms with E-state index >= 15 is 0 Å². The lowest BCUT2D eigenvalue weighted by Crippen LogP contribution is -2.13. The van der Waals surface area contributed by atoms with Crippen LogP contribution < -0.4 is 14.8 Å². The molecule has 0 radical (unpaired) electrons. The summed E-state index contributed by atoms with van der Waals surface area (Å²) in [6.45, 7) is 0.391. The maximum absolute atomic E-state index is 12.5. The van der Waals surface area contributed by atoms with Crippen molar-refractivity contribution in [3.63, 3.8) is 0 Å². The summed E-state index contributed by atoms with van der Waals surface area (Å²) in [5, 5.41) is 12.2. The molecule has 0 aromatic heterocycles. The maximum Gasteiger partial charge on any atom is 0.266 e. The number of ether oxygens (including phenoxy) is 2. The van der Waals surface area contributed by atoms with Crippen molar-refractivity contribution in [3.8, 4) is 17.6 Å². The van der Waals surface area contributed by atoms with Crippen LogP contribution in [0.5, 0.6) is 11.5 Å². The first kappa shape index (κ1) is 21.2. The molecule has 0 bridgehead atoms. The van der Waals surface area contributed by atoms with Gasteiger partial charge in [-0.1, -0.05) is 64.5 Å². The molecule has 0 atom stereocenters. The van der Waals surface area contributed by atoms with Crippen LogP contribution in [0.2, 0.25) is 0 Å². The SMILES string of the molecule is COc1cc(/C=C(/C#N)C(=O)Nc2ccccc2)c(Br)cc1OCc1ccccc1. The Bertz CT molecular complexity index is 1090. The monoisotopic (exact) mass is 462 g/mol. The van der Waals surface area contributed by atoms with Gasteiger partial charge in [-0.2, -0.15) is 5.26 Å². The molecule has 150 valence electrons. The van der Waals surface area contributed by atoms with E-state index in [0.717, 1.165) is 5.56 Å². The molecule has 1 N–H and O–H groups in total. The van der Waals surface area contributed by atoms with Crippen LogP contribution in [0, 0.1) is 11.3 Å². The van der Waals surface area contributed by atoms with Crippen molar-refractivity contribution in [3.05, 3.63) is 94.0 Å². The summed E-state index contributed by atoms with van der Waals surface area (Å²) >= 11 is 3.49. The van der Waals surface area contributed by atoms with Gasteiger partial charge < -0.3 is 14.8 Å². The quantitative estimate of drug-likeness (QED) is 0.367. The van der Waals surface area contributed by atoms with E-state index in [0.29, 0.717) is 33.8 Å². The lowest BCUT2D eigenvalue weighted by Gasteiger charge is -2.13. The van der Waals surface area contributed by atoms with Crippen LogP contribution in [0.25, 0.3) is 6.08 Å². The van der Waals surface area contributed by atoms with Gasteiger partial charge in [0.2, 0.25) is 0 Å². The zero-order chi connectivity index (χ0) is 21.3. The van der Waals surface area contributed by atoms with Gasteiger partial charge in [-0.25, -0.2) is 0 Å². The van der Waals surface area contributed by atoms with Crippen LogP contribution in [0.3, 0.4) is 0 Å². The standard InChI is InChI=1S/C24H19BrN2O3/c1-29-22-13-18(12-19(15-26)24(28)27-20-10-6-3-7-11-20)21(25)14-23(22)30-16-17-8-4-2-5-9-17/h2-14H,16H2,1H3,(H,27,28)/b19-12-. The molecule has 1 amide bonds. The van der Waals surface area contributed by atoms with Crippen molar-refractivity contribution in [2.45, 2.75) is 6.61 Å². The number of nitriles is 1. The summed E-state index contributed by atoms with van der Waals surface area (Å²) in [5.74, 6) is 0.567. The molecular formula is C24H19BrN2O3. The van der Waals surface area contributed by atoms with Crippen LogP contribution in [-0.2, 0) is 11.4 Å². The van der Waals surface area contributed by atoms with E-state index in [9.17, 15) is 10.1 Å². The van der Waals surface area contributed by atoms with Gasteiger partial charge in [-0.3, -0.25) is 4.79 Å². The number of hydrogen-bond acceptors (Lipinski definition) is 4. The fraction of sp³-hybridized carbons (Fsp3) is 0.0833. The number of carbonyl (C=O) groups excluding carboxylic acids is 1. The molecule has 0 saturated carbocycles. The summed E-state index contributed by atoms with van der Waals surface area (Å²) < 4.78 is 12.0. The molecule has 0 fully saturated rings. The molecule has 0 aliphatic heterocycles. The lowest BCUT2D eigenvalue weighted by molar-refractivity contribution is -0.112. The molecule has 0 spiro atoms. The molecular weight excluding hydrogens is 444 g/mol. The zero-order valence-corrected chi connectivity index (χ0v) is 17.8. The average Bonchev–Trinajstić information content (AvgIpc) is 2.78. The highest BCUT2D eigenvalue weighted by Gasteiger charge is 2.14. The Balaban J connectivity index is 1.82. The van der Waals surface area contributed by atoms with E-state index in [1.807, 2.05) is 42.5 Å². The molecule has 0 heterocycles. The summed E-state index contributed by atoms with van der Waals surface area (Å²) in [6, 6.07) is 24.2. The molecule has 3 rings (SSSR count). The normalized spacial score (nSPS) is 10.8. The van der Waals surface area contributed by atoms with Gasteiger partial charge in [-0.15, -0.1) is 0 Å². The van der Waals surface area contributed by atoms with Crippen LogP contribution in [0.4, 0.5) is 5.69 Å². The second kappa shape index (κ2) is 10.3. The van der Waals surface area contributed by atoms with Gasteiger partial charge >= 0.3 is 0 Å². The number of hydrogen-bond donors (Lipinski definition) is 1. The minimum atomic E-state index is -0.487. The zero-order valence-electron chi connectivity index (χ0n) is 16.3. The number of benzene rings is 3. The second-order valence-corrected chi connectivity index (χ2v) is 7.14. The smallest absolute Gasteiger partial charge is 0.266 e. The van der Waals surface area contributed by atoms with Crippen molar-refractivity contribution >= 4 is 33.6 Å². The van der Waals surface area contributed by atoms with Crippen LogP contribution in [0.15, 0.2) is 82.8 Å². The fourth-order valence-electron chi connectivity index (χ4n) is 2.69. The number of nitrogens with zero attached hydrogens (tertiary/aromatic N) is 1. The third kappa shape index (κ3) is 5.49. The van der Waals surface area contributed by atoms with E-state index in [-0.39, 0.29) is 5.57 Å². The van der Waals surface area contributed by atoms with Crippen LogP contribution in [0.1, 0.15) is 11.1 Å². The van der Waals surface area contributed by atoms with E-state index in [1.165, 1.54) is 6.08 Å². The average molecular weight is 463 g/mol. The number of carbonyl (C=O) groups is 1. The minimum Gasteiger partial charge on any atom is -0.493 e. The van der Waals surface area contributed by atoms with Crippen molar-refractivity contribution in [2.75, 3.05) is 12.4 Å². The number of rotatable bonds is 7. The second-order valence-electron chi connectivity index (χ2n) is 6.29. The third-order valence-electron chi connectivity index (χ3n) is 4.22. The predicted octanol–water partition coefficient (Wildman–Crippen LogP) is 5.58. The summed E-state index contributed by atoms with van der Waals surface area (Å²) in [7, 11) is 1.54. The van der Waals surface area contributed by atoms with Gasteiger partial charge in [0.05, 0.1) is 7.11 Å². The van der Waals surface area contributed by atoms with Crippen molar-refractivity contribution in [2.24, 2.45) is 0 Å². The first-order valence-corrected chi connectivity index (χ1v) is 9.92. The molecule has 3 aromatic rings. The van der Waals surface area contributed by atoms with E-state index < -0.39 is 5.91 Å². The maximum atomic E-state index is 12.5. The van der Waals surface area contributed by atoms with Crippen LogP contribution >= 0.6 is 15.9 Å². The fourth-order valence-corrected chi connectivity index (χ4v) is 3.13. The van der Waals surface area contributed by atoms with Gasteiger partial charge in [0, 0.05) is 10.2 Å². The Morgan fingerprint density at radius 1 is 1.07 bits per heavy atom. The van der Waals surface area contributed by atoms with Gasteiger partial charge in [-0.05, 0) is 41.5 Å². The number of methoxy groups -OCH3 is 1. The summed E-state index contributed by atoms with van der Waals surface area (Å²) in [5.41, 5.74) is 2.24. The molecule has 30 heavy (non-hydrogen) atoms. The molecule has 5 nitrogen and oxygen atoms in total. The van der Waals surface area contributed by atoms with E-state index in [2.05, 4.69) is 21.2 Å². The Morgan fingerprint density at radius 3 is 2.37 bits per heavy atom. The molecule has 0 saturated heterocycles. The molecule has 6 heteroatoms. The lowest BCUT2D eigenvalue weighted by atomic mass is 10.1. The number of anilines is 1. The first-order chi connectivity index (χ1) is 14.6. The van der Waals surface area contributed by atoms with Crippen molar-refractivity contribution < 1.29 is 14.3 Å². The highest BCUT2D eigenvalue weighted by Crippen LogP contribution is 2.35. The Labute approximate surface area is 183 Å². The number of para-hydroxylation sites is 1. The molecule has 0 unspecified atom stereocenters. The predicted molar refractivity (Wildman–Crippen MR) is 120 cm³/mol. The molecule has 0 aliphatic carbocycles. The largest absolute Gasteiger partial charge is 0.493 e. The number of nitrogens with one attached hydrogen (secondary N) is 1. The first-order valence-electron chi connectivity index (χ1n) is 9.13.